The Bertz CT molecular complexity index is 361. The van der Waals surface area contributed by atoms with Crippen LogP contribution in [0.25, 0.3) is 0 Å². The zero-order valence-electron chi connectivity index (χ0n) is 12.6. The van der Waals surface area contributed by atoms with Crippen molar-refractivity contribution in [1.29, 1.82) is 0 Å². The molecule has 2 fully saturated rings. The largest absolute Gasteiger partial charge is 0.481 e. The SMILES string of the molecule is CC1(C(=O)N2CCCC(CCC(=O)O)C2)CCCCC1. The van der Waals surface area contributed by atoms with Crippen molar-refractivity contribution in [3.8, 4) is 0 Å². The van der Waals surface area contributed by atoms with E-state index in [1.807, 2.05) is 4.90 Å². The molecular weight excluding hydrogens is 254 g/mol. The Labute approximate surface area is 121 Å². The minimum absolute atomic E-state index is 0.160. The summed E-state index contributed by atoms with van der Waals surface area (Å²) in [4.78, 5) is 25.5. The second kappa shape index (κ2) is 6.59. The Morgan fingerprint density at radius 2 is 1.90 bits per heavy atom. The van der Waals surface area contributed by atoms with Crippen LogP contribution in [0.4, 0.5) is 0 Å². The van der Waals surface area contributed by atoms with Crippen molar-refractivity contribution in [1.82, 2.24) is 4.90 Å². The average Bonchev–Trinajstić information content (AvgIpc) is 2.45. The zero-order chi connectivity index (χ0) is 14.6. The van der Waals surface area contributed by atoms with Gasteiger partial charge >= 0.3 is 5.97 Å². The molecule has 0 radical (unpaired) electrons. The first-order chi connectivity index (χ1) is 9.51. The van der Waals surface area contributed by atoms with Gasteiger partial charge in [0.25, 0.3) is 0 Å². The van der Waals surface area contributed by atoms with Crippen LogP contribution in [0, 0.1) is 11.3 Å². The topological polar surface area (TPSA) is 57.6 Å². The van der Waals surface area contributed by atoms with Gasteiger partial charge in [0.05, 0.1) is 0 Å². The summed E-state index contributed by atoms with van der Waals surface area (Å²) in [5.41, 5.74) is -0.160. The summed E-state index contributed by atoms with van der Waals surface area (Å²) in [6, 6.07) is 0. The Balaban J connectivity index is 1.90. The minimum atomic E-state index is -0.729. The summed E-state index contributed by atoms with van der Waals surface area (Å²) in [6.07, 6.45) is 8.63. The van der Waals surface area contributed by atoms with E-state index in [2.05, 4.69) is 6.92 Å². The molecular formula is C16H27NO3. The molecule has 0 aromatic rings. The molecule has 4 nitrogen and oxygen atoms in total. The number of likely N-dealkylation sites (tertiary alicyclic amines) is 1. The van der Waals surface area contributed by atoms with Crippen molar-refractivity contribution in [2.45, 2.75) is 64.7 Å². The number of carboxylic acids is 1. The molecule has 1 heterocycles. The molecule has 1 N–H and O–H groups in total. The van der Waals surface area contributed by atoms with E-state index in [1.165, 1.54) is 19.3 Å². The predicted octanol–water partition coefficient (Wildman–Crippen LogP) is 3.06. The van der Waals surface area contributed by atoms with E-state index in [0.717, 1.165) is 38.8 Å². The normalized spacial score (nSPS) is 26.2. The summed E-state index contributed by atoms with van der Waals surface area (Å²) >= 11 is 0. The van der Waals surface area contributed by atoms with E-state index in [0.29, 0.717) is 18.2 Å². The van der Waals surface area contributed by atoms with E-state index in [1.54, 1.807) is 0 Å². The average molecular weight is 281 g/mol. The highest BCUT2D eigenvalue weighted by Gasteiger charge is 2.38. The van der Waals surface area contributed by atoms with E-state index in [9.17, 15) is 9.59 Å². The Morgan fingerprint density at radius 3 is 2.55 bits per heavy atom. The van der Waals surface area contributed by atoms with Crippen molar-refractivity contribution in [3.05, 3.63) is 0 Å². The summed E-state index contributed by atoms with van der Waals surface area (Å²) in [5, 5.41) is 8.78. The van der Waals surface area contributed by atoms with E-state index >= 15 is 0 Å². The highest BCUT2D eigenvalue weighted by molar-refractivity contribution is 5.82. The van der Waals surface area contributed by atoms with Crippen molar-refractivity contribution in [2.24, 2.45) is 11.3 Å². The number of nitrogens with zero attached hydrogens (tertiary/aromatic N) is 1. The van der Waals surface area contributed by atoms with Gasteiger partial charge in [0.2, 0.25) is 5.91 Å². The number of rotatable bonds is 4. The first kappa shape index (κ1) is 15.3. The van der Waals surface area contributed by atoms with Crippen molar-refractivity contribution in [2.75, 3.05) is 13.1 Å². The van der Waals surface area contributed by atoms with Crippen molar-refractivity contribution >= 4 is 11.9 Å². The lowest BCUT2D eigenvalue weighted by Crippen LogP contribution is -2.47. The maximum atomic E-state index is 12.8. The van der Waals surface area contributed by atoms with E-state index in [-0.39, 0.29) is 11.8 Å². The Hall–Kier alpha value is -1.06. The molecule has 4 heteroatoms. The molecule has 2 aliphatic rings. The molecule has 1 aliphatic carbocycles. The van der Waals surface area contributed by atoms with E-state index in [4.69, 9.17) is 5.11 Å². The molecule has 0 aromatic heterocycles. The lowest BCUT2D eigenvalue weighted by molar-refractivity contribution is -0.145. The number of amides is 1. The zero-order valence-corrected chi connectivity index (χ0v) is 12.6. The van der Waals surface area contributed by atoms with Crippen molar-refractivity contribution in [3.63, 3.8) is 0 Å². The third-order valence-corrected chi connectivity index (χ3v) is 5.05. The molecule has 1 saturated heterocycles. The van der Waals surface area contributed by atoms with Gasteiger partial charge < -0.3 is 10.0 Å². The van der Waals surface area contributed by atoms with Crippen LogP contribution in [-0.2, 0) is 9.59 Å². The van der Waals surface area contributed by atoms with Gasteiger partial charge in [0.1, 0.15) is 0 Å². The van der Waals surface area contributed by atoms with Crippen LogP contribution >= 0.6 is 0 Å². The lowest BCUT2D eigenvalue weighted by atomic mass is 9.74. The smallest absolute Gasteiger partial charge is 0.303 e. The highest BCUT2D eigenvalue weighted by atomic mass is 16.4. The van der Waals surface area contributed by atoms with Gasteiger partial charge in [-0.2, -0.15) is 0 Å². The monoisotopic (exact) mass is 281 g/mol. The maximum Gasteiger partial charge on any atom is 0.303 e. The van der Waals surface area contributed by atoms with Gasteiger partial charge in [0.15, 0.2) is 0 Å². The van der Waals surface area contributed by atoms with Crippen LogP contribution in [0.2, 0.25) is 0 Å². The summed E-state index contributed by atoms with van der Waals surface area (Å²) < 4.78 is 0. The number of hydrogen-bond acceptors (Lipinski definition) is 2. The van der Waals surface area contributed by atoms with Crippen LogP contribution in [0.15, 0.2) is 0 Å². The molecule has 1 amide bonds. The third kappa shape index (κ3) is 3.74. The third-order valence-electron chi connectivity index (χ3n) is 5.05. The first-order valence-corrected chi connectivity index (χ1v) is 8.02. The fourth-order valence-electron chi connectivity index (χ4n) is 3.74. The van der Waals surface area contributed by atoms with Gasteiger partial charge in [-0.1, -0.05) is 26.2 Å². The molecule has 114 valence electrons. The maximum absolute atomic E-state index is 12.8. The Kier molecular flexibility index (Phi) is 5.06. The van der Waals surface area contributed by atoms with Crippen LogP contribution in [0.5, 0.6) is 0 Å². The van der Waals surface area contributed by atoms with Gasteiger partial charge in [-0.3, -0.25) is 9.59 Å². The number of carbonyl (C=O) groups excluding carboxylic acids is 1. The molecule has 1 unspecified atom stereocenters. The molecule has 0 bridgehead atoms. The van der Waals surface area contributed by atoms with Crippen LogP contribution in [0.3, 0.4) is 0 Å². The molecule has 1 saturated carbocycles. The predicted molar refractivity (Wildman–Crippen MR) is 77.4 cm³/mol. The van der Waals surface area contributed by atoms with Gasteiger partial charge in [-0.05, 0) is 38.0 Å². The van der Waals surface area contributed by atoms with Crippen LogP contribution in [0.1, 0.15) is 64.7 Å². The molecule has 1 aliphatic heterocycles. The molecule has 0 aromatic carbocycles. The van der Waals surface area contributed by atoms with Crippen LogP contribution < -0.4 is 0 Å². The Morgan fingerprint density at radius 1 is 1.20 bits per heavy atom. The second-order valence-corrected chi connectivity index (χ2v) is 6.81. The summed E-state index contributed by atoms with van der Waals surface area (Å²) in [6.45, 7) is 3.75. The molecule has 2 rings (SSSR count). The van der Waals surface area contributed by atoms with Gasteiger partial charge in [-0.15, -0.1) is 0 Å². The number of carboxylic acid groups (broad SMARTS) is 1. The highest BCUT2D eigenvalue weighted by Crippen LogP contribution is 2.38. The lowest BCUT2D eigenvalue weighted by Gasteiger charge is -2.40. The van der Waals surface area contributed by atoms with Crippen molar-refractivity contribution < 1.29 is 14.7 Å². The van der Waals surface area contributed by atoms with Gasteiger partial charge in [-0.25, -0.2) is 0 Å². The molecule has 20 heavy (non-hydrogen) atoms. The van der Waals surface area contributed by atoms with Gasteiger partial charge in [0, 0.05) is 24.9 Å². The standard InChI is InChI=1S/C16H27NO3/c1-16(9-3-2-4-10-16)15(20)17-11-5-6-13(12-17)7-8-14(18)19/h13H,2-12H2,1H3,(H,18,19). The second-order valence-electron chi connectivity index (χ2n) is 6.81. The van der Waals surface area contributed by atoms with Crippen LogP contribution in [-0.4, -0.2) is 35.0 Å². The number of carbonyl (C=O) groups is 2. The summed E-state index contributed by atoms with van der Waals surface area (Å²) in [5.74, 6) is -0.0408. The number of hydrogen-bond donors (Lipinski definition) is 1. The quantitative estimate of drug-likeness (QED) is 0.861. The number of piperidine rings is 1. The van der Waals surface area contributed by atoms with E-state index < -0.39 is 5.97 Å². The first-order valence-electron chi connectivity index (χ1n) is 8.02. The summed E-state index contributed by atoms with van der Waals surface area (Å²) in [7, 11) is 0. The minimum Gasteiger partial charge on any atom is -0.481 e. The molecule has 1 atom stereocenters. The molecule has 0 spiro atoms. The fourth-order valence-corrected chi connectivity index (χ4v) is 3.74. The fraction of sp³-hybridized carbons (Fsp3) is 0.875. The number of aliphatic carboxylic acids is 1.